The number of carboxylic acid groups (broad SMARTS) is 1. The van der Waals surface area contributed by atoms with Gasteiger partial charge in [-0.2, -0.15) is 0 Å². The van der Waals surface area contributed by atoms with Crippen molar-refractivity contribution < 1.29 is 24.2 Å². The molecular weight excluding hydrogens is 332 g/mol. The minimum Gasteiger partial charge on any atom is -0.493 e. The molecule has 1 amide bonds. The number of nitrogens with one attached hydrogen (secondary N) is 1. The molecule has 0 aliphatic heterocycles. The van der Waals surface area contributed by atoms with Crippen molar-refractivity contribution in [2.24, 2.45) is 0 Å². The summed E-state index contributed by atoms with van der Waals surface area (Å²) in [5.41, 5.74) is 1.18. The molecule has 0 fully saturated rings. The highest BCUT2D eigenvalue weighted by molar-refractivity contribution is 7.14. The number of methoxy groups -OCH3 is 2. The molecule has 7 nitrogen and oxygen atoms in total. The molecule has 0 bridgehead atoms. The zero-order valence-corrected chi connectivity index (χ0v) is 13.9. The number of aliphatic carboxylic acids is 1. The number of anilines is 1. The van der Waals surface area contributed by atoms with E-state index >= 15 is 0 Å². The van der Waals surface area contributed by atoms with Crippen LogP contribution >= 0.6 is 11.3 Å². The smallest absolute Gasteiger partial charge is 0.309 e. The highest BCUT2D eigenvalue weighted by atomic mass is 32.1. The normalized spacial score (nSPS) is 10.6. The zero-order valence-electron chi connectivity index (χ0n) is 13.1. The molecule has 8 heteroatoms. The van der Waals surface area contributed by atoms with Crippen LogP contribution in [0.15, 0.2) is 29.7 Å². The van der Waals surface area contributed by atoms with Crippen LogP contribution in [-0.4, -0.2) is 36.2 Å². The summed E-state index contributed by atoms with van der Waals surface area (Å²) in [6, 6.07) is 5.28. The molecule has 1 aromatic heterocycles. The van der Waals surface area contributed by atoms with Gasteiger partial charge in [-0.25, -0.2) is 4.98 Å². The summed E-state index contributed by atoms with van der Waals surface area (Å²) >= 11 is 1.18. The molecule has 0 saturated heterocycles. The van der Waals surface area contributed by atoms with Crippen LogP contribution in [0.25, 0.3) is 6.08 Å². The molecule has 2 rings (SSSR count). The van der Waals surface area contributed by atoms with Crippen LogP contribution in [-0.2, 0) is 16.0 Å². The SMILES string of the molecule is COc1ccc(/C=C/C(=O)Nc2nc(CC(=O)O)cs2)cc1OC. The molecule has 24 heavy (non-hydrogen) atoms. The maximum Gasteiger partial charge on any atom is 0.309 e. The van der Waals surface area contributed by atoms with Gasteiger partial charge in [0.15, 0.2) is 16.6 Å². The lowest BCUT2D eigenvalue weighted by atomic mass is 10.2. The summed E-state index contributed by atoms with van der Waals surface area (Å²) < 4.78 is 10.3. The number of hydrogen-bond donors (Lipinski definition) is 2. The largest absolute Gasteiger partial charge is 0.493 e. The molecule has 0 spiro atoms. The van der Waals surface area contributed by atoms with Crippen molar-refractivity contribution in [3.63, 3.8) is 0 Å². The number of carboxylic acids is 1. The second kappa shape index (κ2) is 8.11. The van der Waals surface area contributed by atoms with E-state index in [4.69, 9.17) is 14.6 Å². The molecule has 1 heterocycles. The van der Waals surface area contributed by atoms with E-state index in [9.17, 15) is 9.59 Å². The van der Waals surface area contributed by atoms with Crippen LogP contribution in [0.5, 0.6) is 11.5 Å². The number of benzene rings is 1. The van der Waals surface area contributed by atoms with Gasteiger partial charge in [0.2, 0.25) is 5.91 Å². The van der Waals surface area contributed by atoms with Crippen LogP contribution in [0.3, 0.4) is 0 Å². The highest BCUT2D eigenvalue weighted by Crippen LogP contribution is 2.28. The molecule has 0 aliphatic rings. The lowest BCUT2D eigenvalue weighted by molar-refractivity contribution is -0.136. The predicted molar refractivity (Wildman–Crippen MR) is 90.7 cm³/mol. The van der Waals surface area contributed by atoms with E-state index in [0.29, 0.717) is 22.3 Å². The minimum absolute atomic E-state index is 0.173. The number of carbonyl (C=O) groups excluding carboxylic acids is 1. The maximum atomic E-state index is 11.9. The summed E-state index contributed by atoms with van der Waals surface area (Å²) in [6.45, 7) is 0. The lowest BCUT2D eigenvalue weighted by Crippen LogP contribution is -2.08. The fraction of sp³-hybridized carbons (Fsp3) is 0.188. The van der Waals surface area contributed by atoms with Crippen molar-refractivity contribution in [2.75, 3.05) is 19.5 Å². The molecular formula is C16H16N2O5S. The molecule has 2 N–H and O–H groups in total. The Balaban J connectivity index is 2.00. The second-order valence-corrected chi connectivity index (χ2v) is 5.51. The average Bonchev–Trinajstić information content (AvgIpc) is 2.98. The molecule has 0 unspecified atom stereocenters. The number of thiazole rings is 1. The van der Waals surface area contributed by atoms with Crippen molar-refractivity contribution in [3.8, 4) is 11.5 Å². The maximum absolute atomic E-state index is 11.9. The molecule has 1 aromatic carbocycles. The number of hydrogen-bond acceptors (Lipinski definition) is 6. The van der Waals surface area contributed by atoms with Gasteiger partial charge in [-0.15, -0.1) is 11.3 Å². The van der Waals surface area contributed by atoms with E-state index < -0.39 is 5.97 Å². The fourth-order valence-corrected chi connectivity index (χ4v) is 2.59. The summed E-state index contributed by atoms with van der Waals surface area (Å²) in [5, 5.41) is 13.2. The summed E-state index contributed by atoms with van der Waals surface area (Å²) in [4.78, 5) is 26.5. The van der Waals surface area contributed by atoms with E-state index in [1.54, 1.807) is 36.8 Å². The van der Waals surface area contributed by atoms with E-state index in [1.165, 1.54) is 24.5 Å². The Bertz CT molecular complexity index is 770. The van der Waals surface area contributed by atoms with Gasteiger partial charge < -0.3 is 14.6 Å². The van der Waals surface area contributed by atoms with E-state index in [-0.39, 0.29) is 12.3 Å². The van der Waals surface area contributed by atoms with Crippen molar-refractivity contribution in [1.29, 1.82) is 0 Å². The summed E-state index contributed by atoms with van der Waals surface area (Å²) in [5.74, 6) is -0.154. The van der Waals surface area contributed by atoms with Gasteiger partial charge in [0.25, 0.3) is 0 Å². The molecule has 126 valence electrons. The molecule has 0 radical (unpaired) electrons. The molecule has 0 aliphatic carbocycles. The van der Waals surface area contributed by atoms with E-state index in [2.05, 4.69) is 10.3 Å². The Morgan fingerprint density at radius 1 is 1.29 bits per heavy atom. The Morgan fingerprint density at radius 3 is 2.71 bits per heavy atom. The van der Waals surface area contributed by atoms with Crippen LogP contribution < -0.4 is 14.8 Å². The number of rotatable bonds is 7. The predicted octanol–water partition coefficient (Wildman–Crippen LogP) is 2.44. The number of carbonyl (C=O) groups is 2. The third-order valence-electron chi connectivity index (χ3n) is 2.95. The highest BCUT2D eigenvalue weighted by Gasteiger charge is 2.08. The first kappa shape index (κ1) is 17.5. The van der Waals surface area contributed by atoms with E-state index in [1.807, 2.05) is 0 Å². The molecule has 0 atom stereocenters. The first-order valence-electron chi connectivity index (χ1n) is 6.89. The summed E-state index contributed by atoms with van der Waals surface area (Å²) in [6.07, 6.45) is 2.82. The summed E-state index contributed by atoms with van der Waals surface area (Å²) in [7, 11) is 3.09. The number of ether oxygens (including phenoxy) is 2. The quantitative estimate of drug-likeness (QED) is 0.746. The van der Waals surface area contributed by atoms with Gasteiger partial charge in [-0.1, -0.05) is 6.07 Å². The van der Waals surface area contributed by atoms with Crippen LogP contribution in [0.2, 0.25) is 0 Å². The molecule has 2 aromatic rings. The minimum atomic E-state index is -0.966. The second-order valence-electron chi connectivity index (χ2n) is 4.65. The number of aromatic nitrogens is 1. The van der Waals surface area contributed by atoms with Gasteiger partial charge >= 0.3 is 5.97 Å². The fourth-order valence-electron chi connectivity index (χ4n) is 1.88. The van der Waals surface area contributed by atoms with Crippen LogP contribution in [0.4, 0.5) is 5.13 Å². The third kappa shape index (κ3) is 4.82. The lowest BCUT2D eigenvalue weighted by Gasteiger charge is -2.07. The molecule has 0 saturated carbocycles. The van der Waals surface area contributed by atoms with Crippen molar-refractivity contribution in [3.05, 3.63) is 40.9 Å². The van der Waals surface area contributed by atoms with Crippen LogP contribution in [0, 0.1) is 0 Å². The van der Waals surface area contributed by atoms with Gasteiger partial charge in [0.1, 0.15) is 0 Å². The Hall–Kier alpha value is -2.87. The first-order chi connectivity index (χ1) is 11.5. The Labute approximate surface area is 142 Å². The van der Waals surface area contributed by atoms with Gasteiger partial charge in [-0.3, -0.25) is 14.9 Å². The Kier molecular flexibility index (Phi) is 5.91. The Morgan fingerprint density at radius 2 is 2.04 bits per heavy atom. The topological polar surface area (TPSA) is 97.8 Å². The van der Waals surface area contributed by atoms with Crippen LogP contribution in [0.1, 0.15) is 11.3 Å². The van der Waals surface area contributed by atoms with Crippen molar-refractivity contribution in [1.82, 2.24) is 4.98 Å². The van der Waals surface area contributed by atoms with Gasteiger partial charge in [0, 0.05) is 11.5 Å². The number of amides is 1. The average molecular weight is 348 g/mol. The number of nitrogens with zero attached hydrogens (tertiary/aromatic N) is 1. The van der Waals surface area contributed by atoms with Crippen molar-refractivity contribution in [2.45, 2.75) is 6.42 Å². The zero-order chi connectivity index (χ0) is 17.5. The van der Waals surface area contributed by atoms with Gasteiger partial charge in [-0.05, 0) is 23.8 Å². The van der Waals surface area contributed by atoms with E-state index in [0.717, 1.165) is 5.56 Å². The van der Waals surface area contributed by atoms with Crippen molar-refractivity contribution >= 4 is 34.4 Å². The standard InChI is InChI=1S/C16H16N2O5S/c1-22-12-5-3-10(7-13(12)23-2)4-6-14(19)18-16-17-11(9-24-16)8-15(20)21/h3-7,9H,8H2,1-2H3,(H,20,21)(H,17,18,19)/b6-4+. The third-order valence-corrected chi connectivity index (χ3v) is 3.76. The van der Waals surface area contributed by atoms with Gasteiger partial charge in [0.05, 0.1) is 26.3 Å². The first-order valence-corrected chi connectivity index (χ1v) is 7.77. The monoisotopic (exact) mass is 348 g/mol.